The van der Waals surface area contributed by atoms with Crippen molar-refractivity contribution in [2.75, 3.05) is 7.11 Å². The van der Waals surface area contributed by atoms with E-state index in [1.807, 2.05) is 0 Å². The molecule has 1 aromatic heterocycles. The molecule has 2 rings (SSSR count). The van der Waals surface area contributed by atoms with E-state index in [-0.39, 0.29) is 18.2 Å². The van der Waals surface area contributed by atoms with Crippen molar-refractivity contribution < 1.29 is 14.3 Å². The van der Waals surface area contributed by atoms with Gasteiger partial charge in [-0.25, -0.2) is 9.78 Å². The number of methoxy groups -OCH3 is 1. The van der Waals surface area contributed by atoms with Crippen LogP contribution in [0.5, 0.6) is 0 Å². The zero-order valence-electron chi connectivity index (χ0n) is 10.8. The van der Waals surface area contributed by atoms with Gasteiger partial charge < -0.3 is 9.47 Å². The fourth-order valence-electron chi connectivity index (χ4n) is 2.23. The summed E-state index contributed by atoms with van der Waals surface area (Å²) in [5.74, 6) is -0.260. The summed E-state index contributed by atoms with van der Waals surface area (Å²) in [6, 6.07) is 0. The zero-order chi connectivity index (χ0) is 13.0. The first-order valence-electron chi connectivity index (χ1n) is 6.43. The molecule has 18 heavy (non-hydrogen) atoms. The van der Waals surface area contributed by atoms with Crippen LogP contribution in [0.2, 0.25) is 0 Å². The van der Waals surface area contributed by atoms with Crippen molar-refractivity contribution in [1.29, 1.82) is 0 Å². The number of carbonyl (C=O) groups is 1. The van der Waals surface area contributed by atoms with Crippen molar-refractivity contribution in [3.8, 4) is 0 Å². The highest BCUT2D eigenvalue weighted by Gasteiger charge is 2.31. The first kappa shape index (κ1) is 13.5. The highest BCUT2D eigenvalue weighted by Crippen LogP contribution is 2.26. The highest BCUT2D eigenvalue weighted by molar-refractivity contribution is 7.13. The molecule has 0 aliphatic heterocycles. The number of thiazole rings is 1. The van der Waals surface area contributed by atoms with Gasteiger partial charge in [0, 0.05) is 7.11 Å². The summed E-state index contributed by atoms with van der Waals surface area (Å²) in [7, 11) is 1.67. The standard InChI is InChI=1S/C13H19NO3S/c1-3-5-12-14-8-11(18-12)13(15)17-10-7-4-6-9(10)16-2/h8-10H,3-7H2,1-2H3/t9-,10+/m1/s1. The molecule has 0 saturated heterocycles. The lowest BCUT2D eigenvalue weighted by Gasteiger charge is -2.17. The maximum atomic E-state index is 12.0. The SMILES string of the molecule is CCCc1ncc(C(=O)O[C@H]2CCC[C@H]2OC)s1. The van der Waals surface area contributed by atoms with E-state index in [4.69, 9.17) is 9.47 Å². The van der Waals surface area contributed by atoms with Gasteiger partial charge >= 0.3 is 5.97 Å². The van der Waals surface area contributed by atoms with Crippen LogP contribution in [0.25, 0.3) is 0 Å². The smallest absolute Gasteiger partial charge is 0.350 e. The Hall–Kier alpha value is -0.940. The molecule has 0 N–H and O–H groups in total. The van der Waals surface area contributed by atoms with E-state index in [0.29, 0.717) is 4.88 Å². The van der Waals surface area contributed by atoms with E-state index in [1.165, 1.54) is 11.3 Å². The highest BCUT2D eigenvalue weighted by atomic mass is 32.1. The van der Waals surface area contributed by atoms with Gasteiger partial charge in [-0.1, -0.05) is 6.92 Å². The van der Waals surface area contributed by atoms with Crippen molar-refractivity contribution in [3.63, 3.8) is 0 Å². The number of ether oxygens (including phenoxy) is 2. The van der Waals surface area contributed by atoms with Crippen molar-refractivity contribution in [1.82, 2.24) is 4.98 Å². The second-order valence-electron chi connectivity index (χ2n) is 4.52. The lowest BCUT2D eigenvalue weighted by atomic mass is 10.2. The van der Waals surface area contributed by atoms with E-state index in [9.17, 15) is 4.79 Å². The van der Waals surface area contributed by atoms with Crippen molar-refractivity contribution in [2.45, 2.75) is 51.2 Å². The lowest BCUT2D eigenvalue weighted by molar-refractivity contribution is -0.0203. The average molecular weight is 269 g/mol. The number of hydrogen-bond donors (Lipinski definition) is 0. The van der Waals surface area contributed by atoms with E-state index < -0.39 is 0 Å². The molecule has 0 bridgehead atoms. The van der Waals surface area contributed by atoms with E-state index in [0.717, 1.165) is 37.1 Å². The molecule has 1 fully saturated rings. The number of aromatic nitrogens is 1. The molecule has 0 aromatic carbocycles. The number of nitrogens with zero attached hydrogens (tertiary/aromatic N) is 1. The monoisotopic (exact) mass is 269 g/mol. The maximum Gasteiger partial charge on any atom is 0.350 e. The molecule has 0 radical (unpaired) electrons. The van der Waals surface area contributed by atoms with E-state index >= 15 is 0 Å². The Labute approximate surface area is 111 Å². The largest absolute Gasteiger partial charge is 0.455 e. The van der Waals surface area contributed by atoms with E-state index in [2.05, 4.69) is 11.9 Å². The number of rotatable bonds is 5. The first-order valence-corrected chi connectivity index (χ1v) is 7.24. The average Bonchev–Trinajstić information content (AvgIpc) is 2.98. The molecule has 1 aromatic rings. The second-order valence-corrected chi connectivity index (χ2v) is 5.63. The van der Waals surface area contributed by atoms with Crippen LogP contribution in [0.1, 0.15) is 47.3 Å². The van der Waals surface area contributed by atoms with Gasteiger partial charge in [-0.05, 0) is 32.1 Å². The van der Waals surface area contributed by atoms with Crippen LogP contribution in [0, 0.1) is 0 Å². The third-order valence-electron chi connectivity index (χ3n) is 3.17. The van der Waals surface area contributed by atoms with Crippen LogP contribution in [-0.4, -0.2) is 30.3 Å². The van der Waals surface area contributed by atoms with Crippen LogP contribution in [0.15, 0.2) is 6.20 Å². The molecule has 5 heteroatoms. The third-order valence-corrected chi connectivity index (χ3v) is 4.21. The molecule has 1 saturated carbocycles. The van der Waals surface area contributed by atoms with Gasteiger partial charge in [-0.15, -0.1) is 11.3 Å². The minimum absolute atomic E-state index is 0.0528. The first-order chi connectivity index (χ1) is 8.74. The summed E-state index contributed by atoms with van der Waals surface area (Å²) < 4.78 is 10.8. The number of aryl methyl sites for hydroxylation is 1. The molecular formula is C13H19NO3S. The normalized spacial score (nSPS) is 23.2. The van der Waals surface area contributed by atoms with Gasteiger partial charge in [-0.3, -0.25) is 0 Å². The van der Waals surface area contributed by atoms with Crippen LogP contribution in [-0.2, 0) is 15.9 Å². The summed E-state index contributed by atoms with van der Waals surface area (Å²) in [6.45, 7) is 2.10. The number of hydrogen-bond acceptors (Lipinski definition) is 5. The quantitative estimate of drug-likeness (QED) is 0.771. The molecular weight excluding hydrogens is 250 g/mol. The van der Waals surface area contributed by atoms with Gasteiger partial charge in [0.05, 0.1) is 17.3 Å². The Morgan fingerprint density at radius 2 is 2.28 bits per heavy atom. The third kappa shape index (κ3) is 3.09. The van der Waals surface area contributed by atoms with Crippen LogP contribution < -0.4 is 0 Å². The molecule has 1 aliphatic carbocycles. The predicted molar refractivity (Wildman–Crippen MR) is 70.0 cm³/mol. The van der Waals surface area contributed by atoms with Crippen LogP contribution >= 0.6 is 11.3 Å². The summed E-state index contributed by atoms with van der Waals surface area (Å²) in [6.07, 6.45) is 6.45. The maximum absolute atomic E-state index is 12.0. The summed E-state index contributed by atoms with van der Waals surface area (Å²) in [5.41, 5.74) is 0. The Morgan fingerprint density at radius 3 is 3.00 bits per heavy atom. The van der Waals surface area contributed by atoms with Crippen LogP contribution in [0.4, 0.5) is 0 Å². The van der Waals surface area contributed by atoms with Crippen LogP contribution in [0.3, 0.4) is 0 Å². The Balaban J connectivity index is 1.94. The Kier molecular flexibility index (Phi) is 4.72. The van der Waals surface area contributed by atoms with Gasteiger partial charge in [0.1, 0.15) is 11.0 Å². The Bertz CT molecular complexity index is 405. The minimum atomic E-state index is -0.260. The molecule has 0 amide bonds. The van der Waals surface area contributed by atoms with Gasteiger partial charge in [0.2, 0.25) is 0 Å². The van der Waals surface area contributed by atoms with E-state index in [1.54, 1.807) is 13.3 Å². The second kappa shape index (κ2) is 6.29. The summed E-state index contributed by atoms with van der Waals surface area (Å²) in [5, 5.41) is 0.999. The van der Waals surface area contributed by atoms with Gasteiger partial charge in [0.25, 0.3) is 0 Å². The van der Waals surface area contributed by atoms with Crippen molar-refractivity contribution in [3.05, 3.63) is 16.1 Å². The summed E-state index contributed by atoms with van der Waals surface area (Å²) >= 11 is 1.43. The summed E-state index contributed by atoms with van der Waals surface area (Å²) in [4.78, 5) is 16.8. The predicted octanol–water partition coefficient (Wildman–Crippen LogP) is 2.82. The molecule has 1 aliphatic rings. The molecule has 1 heterocycles. The fraction of sp³-hybridized carbons (Fsp3) is 0.692. The molecule has 4 nitrogen and oxygen atoms in total. The molecule has 2 atom stereocenters. The minimum Gasteiger partial charge on any atom is -0.455 e. The number of carbonyl (C=O) groups excluding carboxylic acids is 1. The lowest BCUT2D eigenvalue weighted by Crippen LogP contribution is -2.27. The van der Waals surface area contributed by atoms with Crippen molar-refractivity contribution >= 4 is 17.3 Å². The van der Waals surface area contributed by atoms with Gasteiger partial charge in [0.15, 0.2) is 0 Å². The van der Waals surface area contributed by atoms with Crippen molar-refractivity contribution in [2.24, 2.45) is 0 Å². The topological polar surface area (TPSA) is 48.4 Å². The van der Waals surface area contributed by atoms with Gasteiger partial charge in [-0.2, -0.15) is 0 Å². The molecule has 0 spiro atoms. The number of esters is 1. The zero-order valence-corrected chi connectivity index (χ0v) is 11.7. The Morgan fingerprint density at radius 1 is 1.50 bits per heavy atom. The fourth-order valence-corrected chi connectivity index (χ4v) is 3.13. The molecule has 100 valence electrons. The molecule has 0 unspecified atom stereocenters.